The highest BCUT2D eigenvalue weighted by Crippen LogP contribution is 2.26. The molecule has 1 aliphatic carbocycles. The van der Waals surface area contributed by atoms with Crippen molar-refractivity contribution in [2.75, 3.05) is 6.61 Å². The molecule has 2 heteroatoms. The molecular weight excluding hydrogens is 188 g/mol. The predicted molar refractivity (Wildman–Crippen MR) is 62.8 cm³/mol. The quantitative estimate of drug-likeness (QED) is 0.627. The van der Waals surface area contributed by atoms with Crippen LogP contribution in [-0.2, 0) is 9.47 Å². The summed E-state index contributed by atoms with van der Waals surface area (Å²) in [6, 6.07) is 0. The zero-order chi connectivity index (χ0) is 11.1. The molecule has 0 aromatic carbocycles. The van der Waals surface area contributed by atoms with E-state index >= 15 is 0 Å². The SMILES string of the molecule is CC(C)OC(C)OCCC1CCCCC1. The van der Waals surface area contributed by atoms with Crippen LogP contribution >= 0.6 is 0 Å². The van der Waals surface area contributed by atoms with Gasteiger partial charge in [-0.1, -0.05) is 32.1 Å². The number of ether oxygens (including phenoxy) is 2. The van der Waals surface area contributed by atoms with E-state index in [1.54, 1.807) is 0 Å². The van der Waals surface area contributed by atoms with Gasteiger partial charge in [0.1, 0.15) is 0 Å². The van der Waals surface area contributed by atoms with Crippen molar-refractivity contribution in [1.29, 1.82) is 0 Å². The van der Waals surface area contributed by atoms with Gasteiger partial charge < -0.3 is 9.47 Å². The molecule has 2 nitrogen and oxygen atoms in total. The Morgan fingerprint density at radius 1 is 1.07 bits per heavy atom. The molecule has 1 aliphatic rings. The standard InChI is InChI=1S/C13H26O2/c1-11(2)15-12(3)14-10-9-13-7-5-4-6-8-13/h11-13H,4-10H2,1-3H3. The van der Waals surface area contributed by atoms with E-state index in [0.29, 0.717) is 0 Å². The van der Waals surface area contributed by atoms with Gasteiger partial charge in [-0.3, -0.25) is 0 Å². The monoisotopic (exact) mass is 214 g/mol. The highest BCUT2D eigenvalue weighted by Gasteiger charge is 2.13. The summed E-state index contributed by atoms with van der Waals surface area (Å²) in [6.45, 7) is 6.93. The Labute approximate surface area is 94.3 Å². The summed E-state index contributed by atoms with van der Waals surface area (Å²) in [5, 5.41) is 0. The second-order valence-electron chi connectivity index (χ2n) is 4.92. The van der Waals surface area contributed by atoms with Crippen LogP contribution in [0.5, 0.6) is 0 Å². The van der Waals surface area contributed by atoms with Crippen LogP contribution in [0.15, 0.2) is 0 Å². The van der Waals surface area contributed by atoms with Crippen molar-refractivity contribution in [3.8, 4) is 0 Å². The minimum absolute atomic E-state index is 0.0476. The second kappa shape index (κ2) is 7.24. The van der Waals surface area contributed by atoms with Crippen LogP contribution < -0.4 is 0 Å². The Hall–Kier alpha value is -0.0800. The smallest absolute Gasteiger partial charge is 0.155 e. The summed E-state index contributed by atoms with van der Waals surface area (Å²) in [7, 11) is 0. The largest absolute Gasteiger partial charge is 0.353 e. The Kier molecular flexibility index (Phi) is 6.26. The fourth-order valence-electron chi connectivity index (χ4n) is 2.30. The molecule has 1 saturated carbocycles. The van der Waals surface area contributed by atoms with Crippen molar-refractivity contribution in [2.24, 2.45) is 5.92 Å². The van der Waals surface area contributed by atoms with Gasteiger partial charge in [0.05, 0.1) is 6.10 Å². The summed E-state index contributed by atoms with van der Waals surface area (Å²) in [6.07, 6.45) is 8.51. The number of hydrogen-bond donors (Lipinski definition) is 0. The molecule has 0 amide bonds. The average molecular weight is 214 g/mol. The summed E-state index contributed by atoms with van der Waals surface area (Å²) in [5.41, 5.74) is 0. The van der Waals surface area contributed by atoms with E-state index in [9.17, 15) is 0 Å². The molecule has 0 saturated heterocycles. The first kappa shape index (κ1) is 13.0. The summed E-state index contributed by atoms with van der Waals surface area (Å²) in [5.74, 6) is 0.907. The average Bonchev–Trinajstić information content (AvgIpc) is 2.18. The van der Waals surface area contributed by atoms with Gasteiger partial charge in [-0.15, -0.1) is 0 Å². The summed E-state index contributed by atoms with van der Waals surface area (Å²) in [4.78, 5) is 0. The van der Waals surface area contributed by atoms with Crippen molar-refractivity contribution in [3.05, 3.63) is 0 Å². The Balaban J connectivity index is 1.99. The third-order valence-corrected chi connectivity index (χ3v) is 3.07. The van der Waals surface area contributed by atoms with E-state index in [1.165, 1.54) is 38.5 Å². The predicted octanol–water partition coefficient (Wildman–Crippen LogP) is 3.74. The van der Waals surface area contributed by atoms with Crippen LogP contribution in [0.4, 0.5) is 0 Å². The van der Waals surface area contributed by atoms with Gasteiger partial charge in [-0.25, -0.2) is 0 Å². The number of hydrogen-bond acceptors (Lipinski definition) is 2. The molecule has 1 unspecified atom stereocenters. The third kappa shape index (κ3) is 6.16. The molecule has 0 aromatic heterocycles. The van der Waals surface area contributed by atoms with Gasteiger partial charge >= 0.3 is 0 Å². The molecule has 1 fully saturated rings. The van der Waals surface area contributed by atoms with Crippen LogP contribution in [0.25, 0.3) is 0 Å². The van der Waals surface area contributed by atoms with E-state index < -0.39 is 0 Å². The van der Waals surface area contributed by atoms with Crippen LogP contribution in [-0.4, -0.2) is 19.0 Å². The van der Waals surface area contributed by atoms with Gasteiger partial charge in [0.25, 0.3) is 0 Å². The molecule has 0 N–H and O–H groups in total. The van der Waals surface area contributed by atoms with Crippen molar-refractivity contribution >= 4 is 0 Å². The molecular formula is C13H26O2. The first-order chi connectivity index (χ1) is 7.18. The molecule has 0 bridgehead atoms. The van der Waals surface area contributed by atoms with Crippen molar-refractivity contribution in [1.82, 2.24) is 0 Å². The van der Waals surface area contributed by atoms with Gasteiger partial charge in [0, 0.05) is 6.61 Å². The van der Waals surface area contributed by atoms with Crippen LogP contribution in [0.3, 0.4) is 0 Å². The topological polar surface area (TPSA) is 18.5 Å². The van der Waals surface area contributed by atoms with Crippen molar-refractivity contribution < 1.29 is 9.47 Å². The lowest BCUT2D eigenvalue weighted by molar-refractivity contribution is -0.153. The summed E-state index contributed by atoms with van der Waals surface area (Å²) < 4.78 is 11.2. The first-order valence-electron chi connectivity index (χ1n) is 6.45. The molecule has 0 heterocycles. The van der Waals surface area contributed by atoms with Gasteiger partial charge in [-0.2, -0.15) is 0 Å². The maximum atomic E-state index is 5.63. The number of rotatable bonds is 6. The summed E-state index contributed by atoms with van der Waals surface area (Å²) >= 11 is 0. The third-order valence-electron chi connectivity index (χ3n) is 3.07. The Morgan fingerprint density at radius 2 is 1.73 bits per heavy atom. The molecule has 1 atom stereocenters. The molecule has 0 radical (unpaired) electrons. The van der Waals surface area contributed by atoms with Crippen LogP contribution in [0.2, 0.25) is 0 Å². The second-order valence-corrected chi connectivity index (χ2v) is 4.92. The minimum atomic E-state index is -0.0476. The lowest BCUT2D eigenvalue weighted by Gasteiger charge is -2.22. The fourth-order valence-corrected chi connectivity index (χ4v) is 2.30. The Morgan fingerprint density at radius 3 is 2.33 bits per heavy atom. The maximum absolute atomic E-state index is 5.63. The van der Waals surface area contributed by atoms with Gasteiger partial charge in [0.15, 0.2) is 6.29 Å². The normalized spacial score (nSPS) is 20.8. The zero-order valence-electron chi connectivity index (χ0n) is 10.5. The highest BCUT2D eigenvalue weighted by atomic mass is 16.7. The van der Waals surface area contributed by atoms with Crippen molar-refractivity contribution in [3.63, 3.8) is 0 Å². The van der Waals surface area contributed by atoms with E-state index in [2.05, 4.69) is 0 Å². The zero-order valence-corrected chi connectivity index (χ0v) is 10.5. The fraction of sp³-hybridized carbons (Fsp3) is 1.00. The molecule has 15 heavy (non-hydrogen) atoms. The van der Waals surface area contributed by atoms with Crippen LogP contribution in [0, 0.1) is 5.92 Å². The Bertz CT molecular complexity index is 151. The minimum Gasteiger partial charge on any atom is -0.353 e. The highest BCUT2D eigenvalue weighted by molar-refractivity contribution is 4.65. The maximum Gasteiger partial charge on any atom is 0.155 e. The molecule has 0 aromatic rings. The van der Waals surface area contributed by atoms with Gasteiger partial charge in [0.2, 0.25) is 0 Å². The van der Waals surface area contributed by atoms with Crippen molar-refractivity contribution in [2.45, 2.75) is 71.7 Å². The van der Waals surface area contributed by atoms with E-state index in [1.807, 2.05) is 20.8 Å². The lowest BCUT2D eigenvalue weighted by atomic mass is 9.87. The first-order valence-corrected chi connectivity index (χ1v) is 6.45. The van der Waals surface area contributed by atoms with Crippen LogP contribution in [0.1, 0.15) is 59.3 Å². The molecule has 1 rings (SSSR count). The molecule has 0 spiro atoms. The van der Waals surface area contributed by atoms with E-state index in [-0.39, 0.29) is 12.4 Å². The molecule has 0 aliphatic heterocycles. The van der Waals surface area contributed by atoms with E-state index in [0.717, 1.165) is 12.5 Å². The van der Waals surface area contributed by atoms with Gasteiger partial charge in [-0.05, 0) is 33.1 Å². The lowest BCUT2D eigenvalue weighted by Crippen LogP contribution is -2.19. The van der Waals surface area contributed by atoms with E-state index in [4.69, 9.17) is 9.47 Å². The molecule has 90 valence electrons.